The molecule has 0 aromatic carbocycles. The maximum Gasteiger partial charge on any atom is 0.291 e. The quantitative estimate of drug-likeness (QED) is 0.559. The molecular formula is C15H13N5O. The zero-order valence-corrected chi connectivity index (χ0v) is 11.5. The third-order valence-corrected chi connectivity index (χ3v) is 3.51. The fourth-order valence-corrected chi connectivity index (χ4v) is 2.48. The van der Waals surface area contributed by atoms with E-state index in [1.807, 2.05) is 48.1 Å². The molecule has 0 bridgehead atoms. The first-order valence-electron chi connectivity index (χ1n) is 6.68. The van der Waals surface area contributed by atoms with Crippen LogP contribution in [-0.2, 0) is 6.54 Å². The normalized spacial score (nSPS) is 11.5. The van der Waals surface area contributed by atoms with Gasteiger partial charge in [0.2, 0.25) is 0 Å². The Labute approximate surface area is 119 Å². The first kappa shape index (κ1) is 11.9. The van der Waals surface area contributed by atoms with Crippen LogP contribution >= 0.6 is 0 Å². The van der Waals surface area contributed by atoms with Gasteiger partial charge < -0.3 is 8.80 Å². The fourth-order valence-electron chi connectivity index (χ4n) is 2.48. The van der Waals surface area contributed by atoms with Crippen LogP contribution in [0.1, 0.15) is 11.3 Å². The Bertz CT molecular complexity index is 1010. The van der Waals surface area contributed by atoms with Crippen molar-refractivity contribution in [2.75, 3.05) is 0 Å². The van der Waals surface area contributed by atoms with Gasteiger partial charge in [-0.05, 0) is 30.7 Å². The Balaban J connectivity index is 1.78. The number of fused-ring (bicyclic) bond motifs is 2. The number of hydrogen-bond acceptors (Lipinski definition) is 3. The summed E-state index contributed by atoms with van der Waals surface area (Å²) in [5.41, 5.74) is 3.34. The topological polar surface area (TPSA) is 56.6 Å². The van der Waals surface area contributed by atoms with E-state index in [9.17, 15) is 4.79 Å². The van der Waals surface area contributed by atoms with Gasteiger partial charge in [0.15, 0.2) is 0 Å². The van der Waals surface area contributed by atoms with Crippen molar-refractivity contribution in [3.63, 3.8) is 0 Å². The first-order chi connectivity index (χ1) is 10.2. The summed E-state index contributed by atoms with van der Waals surface area (Å²) < 4.78 is 5.11. The van der Waals surface area contributed by atoms with Crippen LogP contribution in [0.4, 0.5) is 0 Å². The van der Waals surface area contributed by atoms with Gasteiger partial charge in [0.1, 0.15) is 17.5 Å². The Kier molecular flexibility index (Phi) is 2.44. The first-order valence-corrected chi connectivity index (χ1v) is 6.68. The maximum absolute atomic E-state index is 12.3. The van der Waals surface area contributed by atoms with Gasteiger partial charge in [-0.25, -0.2) is 9.67 Å². The summed E-state index contributed by atoms with van der Waals surface area (Å²) in [6, 6.07) is 7.60. The van der Waals surface area contributed by atoms with E-state index in [1.165, 1.54) is 4.68 Å². The summed E-state index contributed by atoms with van der Waals surface area (Å²) in [7, 11) is 0. The molecule has 4 aromatic heterocycles. The highest BCUT2D eigenvalue weighted by molar-refractivity contribution is 5.44. The molecule has 4 rings (SSSR count). The average Bonchev–Trinajstić information content (AvgIpc) is 3.07. The molecule has 6 nitrogen and oxygen atoms in total. The molecule has 0 amide bonds. The smallest absolute Gasteiger partial charge is 0.291 e. The van der Waals surface area contributed by atoms with Crippen LogP contribution in [0.5, 0.6) is 0 Å². The number of aryl methyl sites for hydroxylation is 1. The standard InChI is InChI=1S/C15H13N5O/c1-11-4-5-14-17-12(8-19(14)7-11)9-20-15(21)13-3-2-6-18(13)10-16-20/h2-8,10H,9H2,1H3. The molecule has 0 radical (unpaired) electrons. The van der Waals surface area contributed by atoms with Crippen LogP contribution in [0.25, 0.3) is 11.2 Å². The Morgan fingerprint density at radius 1 is 1.14 bits per heavy atom. The van der Waals surface area contributed by atoms with E-state index in [0.717, 1.165) is 16.9 Å². The van der Waals surface area contributed by atoms with Crippen LogP contribution < -0.4 is 5.56 Å². The molecule has 0 aliphatic heterocycles. The Morgan fingerprint density at radius 3 is 2.95 bits per heavy atom. The van der Waals surface area contributed by atoms with Crippen molar-refractivity contribution in [1.29, 1.82) is 0 Å². The van der Waals surface area contributed by atoms with Crippen molar-refractivity contribution in [2.45, 2.75) is 13.5 Å². The molecule has 104 valence electrons. The van der Waals surface area contributed by atoms with Crippen LogP contribution in [0.15, 0.2) is 54.0 Å². The molecule has 0 saturated carbocycles. The molecule has 0 atom stereocenters. The van der Waals surface area contributed by atoms with Crippen molar-refractivity contribution in [3.05, 3.63) is 70.8 Å². The lowest BCUT2D eigenvalue weighted by atomic mass is 10.3. The number of nitrogens with zero attached hydrogens (tertiary/aromatic N) is 5. The zero-order chi connectivity index (χ0) is 14.4. The van der Waals surface area contributed by atoms with Gasteiger partial charge in [0, 0.05) is 18.6 Å². The van der Waals surface area contributed by atoms with Crippen molar-refractivity contribution < 1.29 is 0 Å². The summed E-state index contributed by atoms with van der Waals surface area (Å²) in [6.07, 6.45) is 7.38. The number of pyridine rings is 1. The zero-order valence-electron chi connectivity index (χ0n) is 11.5. The van der Waals surface area contributed by atoms with E-state index >= 15 is 0 Å². The summed E-state index contributed by atoms with van der Waals surface area (Å²) >= 11 is 0. The maximum atomic E-state index is 12.3. The van der Waals surface area contributed by atoms with Gasteiger partial charge in [0.25, 0.3) is 5.56 Å². The van der Waals surface area contributed by atoms with E-state index in [4.69, 9.17) is 0 Å². The number of imidazole rings is 1. The van der Waals surface area contributed by atoms with E-state index in [0.29, 0.717) is 12.1 Å². The molecule has 0 aliphatic rings. The average molecular weight is 279 g/mol. The molecule has 0 saturated heterocycles. The molecule has 0 unspecified atom stereocenters. The summed E-state index contributed by atoms with van der Waals surface area (Å²) in [4.78, 5) is 16.8. The highest BCUT2D eigenvalue weighted by Gasteiger charge is 2.07. The summed E-state index contributed by atoms with van der Waals surface area (Å²) in [5.74, 6) is 0. The monoisotopic (exact) mass is 279 g/mol. The molecule has 0 fully saturated rings. The largest absolute Gasteiger partial charge is 0.306 e. The van der Waals surface area contributed by atoms with Crippen molar-refractivity contribution in [3.8, 4) is 0 Å². The van der Waals surface area contributed by atoms with Crippen molar-refractivity contribution in [1.82, 2.24) is 23.6 Å². The lowest BCUT2D eigenvalue weighted by Gasteiger charge is -2.02. The second-order valence-electron chi connectivity index (χ2n) is 5.10. The van der Waals surface area contributed by atoms with Crippen LogP contribution in [0.3, 0.4) is 0 Å². The molecule has 6 heteroatoms. The molecule has 4 heterocycles. The lowest BCUT2D eigenvalue weighted by Crippen LogP contribution is -2.24. The predicted octanol–water partition coefficient (Wildman–Crippen LogP) is 1.50. The summed E-state index contributed by atoms with van der Waals surface area (Å²) in [5, 5.41) is 4.18. The van der Waals surface area contributed by atoms with Crippen molar-refractivity contribution >= 4 is 11.2 Å². The van der Waals surface area contributed by atoms with E-state index in [-0.39, 0.29) is 5.56 Å². The third-order valence-electron chi connectivity index (χ3n) is 3.51. The number of hydrogen-bond donors (Lipinski definition) is 0. The van der Waals surface area contributed by atoms with E-state index in [1.54, 1.807) is 16.8 Å². The van der Waals surface area contributed by atoms with Gasteiger partial charge in [-0.1, -0.05) is 6.07 Å². The van der Waals surface area contributed by atoms with Crippen molar-refractivity contribution in [2.24, 2.45) is 0 Å². The van der Waals surface area contributed by atoms with Gasteiger partial charge in [0.05, 0.1) is 12.2 Å². The Hall–Kier alpha value is -2.89. The molecule has 0 aliphatic carbocycles. The Morgan fingerprint density at radius 2 is 2.05 bits per heavy atom. The van der Waals surface area contributed by atoms with Crippen LogP contribution in [-0.4, -0.2) is 23.6 Å². The predicted molar refractivity (Wildman–Crippen MR) is 78.5 cm³/mol. The minimum absolute atomic E-state index is 0.115. The molecule has 0 spiro atoms. The third kappa shape index (κ3) is 1.92. The second-order valence-corrected chi connectivity index (χ2v) is 5.10. The minimum atomic E-state index is -0.115. The molecule has 4 aromatic rings. The van der Waals surface area contributed by atoms with Gasteiger partial charge >= 0.3 is 0 Å². The van der Waals surface area contributed by atoms with Crippen LogP contribution in [0, 0.1) is 6.92 Å². The van der Waals surface area contributed by atoms with Gasteiger partial charge in [-0.2, -0.15) is 5.10 Å². The highest BCUT2D eigenvalue weighted by Crippen LogP contribution is 2.08. The number of aromatic nitrogens is 5. The SMILES string of the molecule is Cc1ccc2nc(Cn3ncn4cccc4c3=O)cn2c1. The van der Waals surface area contributed by atoms with Gasteiger partial charge in [-0.3, -0.25) is 4.79 Å². The molecule has 21 heavy (non-hydrogen) atoms. The second kappa shape index (κ2) is 4.31. The molecule has 0 N–H and O–H groups in total. The van der Waals surface area contributed by atoms with E-state index in [2.05, 4.69) is 10.1 Å². The number of rotatable bonds is 2. The lowest BCUT2D eigenvalue weighted by molar-refractivity contribution is 0.620. The summed E-state index contributed by atoms with van der Waals surface area (Å²) in [6.45, 7) is 2.40. The van der Waals surface area contributed by atoms with Gasteiger partial charge in [-0.15, -0.1) is 0 Å². The van der Waals surface area contributed by atoms with E-state index < -0.39 is 0 Å². The fraction of sp³-hybridized carbons (Fsp3) is 0.133. The molecular weight excluding hydrogens is 266 g/mol. The van der Waals surface area contributed by atoms with Crippen LogP contribution in [0.2, 0.25) is 0 Å². The minimum Gasteiger partial charge on any atom is -0.306 e. The highest BCUT2D eigenvalue weighted by atomic mass is 16.1.